The maximum Gasteiger partial charge on any atom is 0.260 e. The minimum Gasteiger partial charge on any atom is -0.398 e. The van der Waals surface area contributed by atoms with Gasteiger partial charge >= 0.3 is 0 Å². The minimum absolute atomic E-state index is 0.0184. The number of fused-ring (bicyclic) bond motifs is 1. The summed E-state index contributed by atoms with van der Waals surface area (Å²) in [5.74, 6) is 0.0184. The van der Waals surface area contributed by atoms with Gasteiger partial charge < -0.3 is 10.6 Å². The van der Waals surface area contributed by atoms with Crippen LogP contribution in [-0.2, 0) is 6.42 Å². The summed E-state index contributed by atoms with van der Waals surface area (Å²) < 4.78 is 0. The first-order chi connectivity index (χ1) is 9.68. The van der Waals surface area contributed by atoms with Crippen LogP contribution in [0.15, 0.2) is 42.5 Å². The van der Waals surface area contributed by atoms with E-state index in [0.717, 1.165) is 36.2 Å². The van der Waals surface area contributed by atoms with E-state index < -0.39 is 0 Å². The Hall–Kier alpha value is -2.29. The summed E-state index contributed by atoms with van der Waals surface area (Å²) in [6.45, 7) is 2.76. The molecule has 3 nitrogen and oxygen atoms in total. The van der Waals surface area contributed by atoms with Gasteiger partial charge in [0, 0.05) is 17.9 Å². The number of hydrogen-bond donors (Lipinski definition) is 1. The van der Waals surface area contributed by atoms with Crippen molar-refractivity contribution >= 4 is 17.3 Å². The Bertz CT molecular complexity index is 664. The van der Waals surface area contributed by atoms with E-state index in [4.69, 9.17) is 5.73 Å². The molecular formula is C17H18N2O. The second kappa shape index (κ2) is 5.00. The van der Waals surface area contributed by atoms with Crippen LogP contribution in [0.1, 0.15) is 27.9 Å². The highest BCUT2D eigenvalue weighted by molar-refractivity contribution is 6.11. The van der Waals surface area contributed by atoms with E-state index in [9.17, 15) is 4.79 Å². The molecule has 1 aliphatic rings. The van der Waals surface area contributed by atoms with E-state index in [1.807, 2.05) is 48.2 Å². The molecule has 3 heteroatoms. The molecule has 3 rings (SSSR count). The number of amides is 1. The number of carbonyl (C=O) groups is 1. The van der Waals surface area contributed by atoms with E-state index in [1.165, 1.54) is 0 Å². The number of anilines is 2. The smallest absolute Gasteiger partial charge is 0.260 e. The van der Waals surface area contributed by atoms with E-state index in [1.54, 1.807) is 6.07 Å². The number of nitrogens with two attached hydrogens (primary N) is 1. The SMILES string of the molecule is Cc1ccccc1N1CCCc2cccc(N)c2C1=O. The number of hydrogen-bond acceptors (Lipinski definition) is 2. The Labute approximate surface area is 119 Å². The third-order valence-corrected chi connectivity index (χ3v) is 3.88. The summed E-state index contributed by atoms with van der Waals surface area (Å²) >= 11 is 0. The normalized spacial score (nSPS) is 14.8. The molecule has 0 radical (unpaired) electrons. The van der Waals surface area contributed by atoms with Crippen LogP contribution < -0.4 is 10.6 Å². The van der Waals surface area contributed by atoms with Crippen molar-refractivity contribution in [3.63, 3.8) is 0 Å². The lowest BCUT2D eigenvalue weighted by Gasteiger charge is -2.23. The van der Waals surface area contributed by atoms with Crippen LogP contribution in [0.25, 0.3) is 0 Å². The molecule has 0 saturated heterocycles. The Kier molecular flexibility index (Phi) is 3.18. The van der Waals surface area contributed by atoms with Crippen LogP contribution in [0.4, 0.5) is 11.4 Å². The Balaban J connectivity index is 2.10. The standard InChI is InChI=1S/C17H18N2O/c1-12-6-2-3-10-15(12)19-11-5-8-13-7-4-9-14(18)16(13)17(19)20/h2-4,6-7,9-10H,5,8,11,18H2,1H3. The topological polar surface area (TPSA) is 46.3 Å². The third-order valence-electron chi connectivity index (χ3n) is 3.88. The maximum absolute atomic E-state index is 12.9. The van der Waals surface area contributed by atoms with Crippen molar-refractivity contribution in [3.05, 3.63) is 59.2 Å². The van der Waals surface area contributed by atoms with Crippen molar-refractivity contribution < 1.29 is 4.79 Å². The van der Waals surface area contributed by atoms with Crippen LogP contribution in [0.5, 0.6) is 0 Å². The first-order valence-corrected chi connectivity index (χ1v) is 6.93. The van der Waals surface area contributed by atoms with Gasteiger partial charge in [-0.25, -0.2) is 0 Å². The van der Waals surface area contributed by atoms with Gasteiger partial charge in [0.05, 0.1) is 5.56 Å². The lowest BCUT2D eigenvalue weighted by molar-refractivity contribution is 0.0989. The molecule has 1 aliphatic heterocycles. The molecule has 0 fully saturated rings. The number of nitrogens with zero attached hydrogens (tertiary/aromatic N) is 1. The van der Waals surface area contributed by atoms with Crippen molar-refractivity contribution in [2.45, 2.75) is 19.8 Å². The molecule has 20 heavy (non-hydrogen) atoms. The molecule has 2 N–H and O–H groups in total. The maximum atomic E-state index is 12.9. The molecule has 2 aromatic carbocycles. The fourth-order valence-corrected chi connectivity index (χ4v) is 2.85. The van der Waals surface area contributed by atoms with E-state index in [0.29, 0.717) is 11.3 Å². The number of para-hydroxylation sites is 1. The molecule has 1 heterocycles. The second-order valence-electron chi connectivity index (χ2n) is 5.23. The van der Waals surface area contributed by atoms with Crippen molar-refractivity contribution in [3.8, 4) is 0 Å². The second-order valence-corrected chi connectivity index (χ2v) is 5.23. The van der Waals surface area contributed by atoms with Gasteiger partial charge in [-0.15, -0.1) is 0 Å². The van der Waals surface area contributed by atoms with Crippen molar-refractivity contribution in [2.75, 3.05) is 17.2 Å². The summed E-state index contributed by atoms with van der Waals surface area (Å²) in [7, 11) is 0. The molecule has 0 aromatic heterocycles. The number of rotatable bonds is 1. The minimum atomic E-state index is 0.0184. The number of aryl methyl sites for hydroxylation is 2. The molecule has 1 amide bonds. The van der Waals surface area contributed by atoms with Gasteiger partial charge in [-0.2, -0.15) is 0 Å². The Morgan fingerprint density at radius 2 is 1.90 bits per heavy atom. The van der Waals surface area contributed by atoms with E-state index >= 15 is 0 Å². The monoisotopic (exact) mass is 266 g/mol. The number of nitrogen functional groups attached to an aromatic ring is 1. The largest absolute Gasteiger partial charge is 0.398 e. The van der Waals surface area contributed by atoms with Gasteiger partial charge in [0.1, 0.15) is 0 Å². The summed E-state index contributed by atoms with van der Waals surface area (Å²) in [4.78, 5) is 14.7. The molecule has 0 bridgehead atoms. The van der Waals surface area contributed by atoms with E-state index in [-0.39, 0.29) is 5.91 Å². The highest BCUT2D eigenvalue weighted by atomic mass is 16.2. The molecule has 0 saturated carbocycles. The molecule has 2 aromatic rings. The van der Waals surface area contributed by atoms with Crippen LogP contribution in [0.2, 0.25) is 0 Å². The van der Waals surface area contributed by atoms with Gasteiger partial charge in [-0.1, -0.05) is 30.3 Å². The Morgan fingerprint density at radius 3 is 2.70 bits per heavy atom. The van der Waals surface area contributed by atoms with Gasteiger partial charge in [-0.3, -0.25) is 4.79 Å². The lowest BCUT2D eigenvalue weighted by Crippen LogP contribution is -2.31. The van der Waals surface area contributed by atoms with Gasteiger partial charge in [0.15, 0.2) is 0 Å². The quantitative estimate of drug-likeness (QED) is 0.806. The average Bonchev–Trinajstić information content (AvgIpc) is 2.60. The molecule has 0 spiro atoms. The summed E-state index contributed by atoms with van der Waals surface area (Å²) in [6, 6.07) is 13.7. The lowest BCUT2D eigenvalue weighted by atomic mass is 10.0. The van der Waals surface area contributed by atoms with Crippen molar-refractivity contribution in [1.82, 2.24) is 0 Å². The third kappa shape index (κ3) is 2.05. The first-order valence-electron chi connectivity index (χ1n) is 6.93. The first kappa shape index (κ1) is 12.7. The fourth-order valence-electron chi connectivity index (χ4n) is 2.85. The van der Waals surface area contributed by atoms with Crippen LogP contribution in [0, 0.1) is 6.92 Å². The van der Waals surface area contributed by atoms with Crippen molar-refractivity contribution in [1.29, 1.82) is 0 Å². The number of carbonyl (C=O) groups excluding carboxylic acids is 1. The number of benzene rings is 2. The van der Waals surface area contributed by atoms with Crippen LogP contribution >= 0.6 is 0 Å². The van der Waals surface area contributed by atoms with Gasteiger partial charge in [0.25, 0.3) is 5.91 Å². The van der Waals surface area contributed by atoms with Gasteiger partial charge in [-0.05, 0) is 43.0 Å². The molecule has 102 valence electrons. The highest BCUT2D eigenvalue weighted by Crippen LogP contribution is 2.29. The predicted molar refractivity (Wildman–Crippen MR) is 82.0 cm³/mol. The molecular weight excluding hydrogens is 248 g/mol. The molecule has 0 aliphatic carbocycles. The van der Waals surface area contributed by atoms with Crippen molar-refractivity contribution in [2.24, 2.45) is 0 Å². The average molecular weight is 266 g/mol. The predicted octanol–water partition coefficient (Wildman–Crippen LogP) is 3.17. The van der Waals surface area contributed by atoms with Gasteiger partial charge in [0.2, 0.25) is 0 Å². The Morgan fingerprint density at radius 1 is 1.10 bits per heavy atom. The highest BCUT2D eigenvalue weighted by Gasteiger charge is 2.26. The fraction of sp³-hybridized carbons (Fsp3) is 0.235. The zero-order valence-corrected chi connectivity index (χ0v) is 11.6. The summed E-state index contributed by atoms with van der Waals surface area (Å²) in [5.41, 5.74) is 10.4. The van der Waals surface area contributed by atoms with Crippen LogP contribution in [-0.4, -0.2) is 12.5 Å². The molecule has 0 unspecified atom stereocenters. The van der Waals surface area contributed by atoms with E-state index in [2.05, 4.69) is 0 Å². The van der Waals surface area contributed by atoms with Crippen LogP contribution in [0.3, 0.4) is 0 Å². The summed E-state index contributed by atoms with van der Waals surface area (Å²) in [6.07, 6.45) is 1.85. The molecule has 0 atom stereocenters. The zero-order chi connectivity index (χ0) is 14.1. The summed E-state index contributed by atoms with van der Waals surface area (Å²) in [5, 5.41) is 0. The zero-order valence-electron chi connectivity index (χ0n) is 11.6.